The second-order valence-electron chi connectivity index (χ2n) is 5.65. The Morgan fingerprint density at radius 1 is 1.12 bits per heavy atom. The molecule has 0 unspecified atom stereocenters. The third-order valence-corrected chi connectivity index (χ3v) is 5.40. The molecule has 0 aliphatic heterocycles. The first kappa shape index (κ1) is 17.1. The van der Waals surface area contributed by atoms with Gasteiger partial charge in [0.1, 0.15) is 0 Å². The van der Waals surface area contributed by atoms with Gasteiger partial charge in [0.25, 0.3) is 0 Å². The van der Waals surface area contributed by atoms with Crippen LogP contribution in [0.1, 0.15) is 11.3 Å². The molecule has 0 saturated carbocycles. The molecule has 0 aliphatic carbocycles. The van der Waals surface area contributed by atoms with E-state index < -0.39 is 0 Å². The molecule has 4 rings (SSSR count). The second-order valence-corrected chi connectivity index (χ2v) is 7.53. The molecule has 2 aromatic carbocycles. The number of para-hydroxylation sites is 1. The van der Waals surface area contributed by atoms with Gasteiger partial charge in [-0.2, -0.15) is 5.10 Å². The van der Waals surface area contributed by atoms with E-state index in [0.29, 0.717) is 16.6 Å². The summed E-state index contributed by atoms with van der Waals surface area (Å²) in [5.41, 5.74) is 5.93. The van der Waals surface area contributed by atoms with Crippen molar-refractivity contribution < 1.29 is 0 Å². The molecular weight excluding hydrogens is 387 g/mol. The van der Waals surface area contributed by atoms with Crippen LogP contribution in [0.2, 0.25) is 10.0 Å². The molecule has 0 spiro atoms. The topological polar surface area (TPSA) is 42.2 Å². The summed E-state index contributed by atoms with van der Waals surface area (Å²) >= 11 is 13.8. The molecule has 0 saturated heterocycles. The van der Waals surface area contributed by atoms with E-state index in [1.165, 1.54) is 0 Å². The minimum absolute atomic E-state index is 0.632. The molecule has 0 bridgehead atoms. The van der Waals surface area contributed by atoms with Gasteiger partial charge < -0.3 is 4.57 Å². The van der Waals surface area contributed by atoms with Crippen molar-refractivity contribution in [1.29, 1.82) is 0 Å². The Morgan fingerprint density at radius 2 is 2.00 bits per heavy atom. The van der Waals surface area contributed by atoms with Crippen LogP contribution in [-0.2, 0) is 6.54 Å². The van der Waals surface area contributed by atoms with Gasteiger partial charge >= 0.3 is 0 Å². The fourth-order valence-corrected chi connectivity index (χ4v) is 3.88. The van der Waals surface area contributed by atoms with Crippen molar-refractivity contribution in [1.82, 2.24) is 9.55 Å². The summed E-state index contributed by atoms with van der Waals surface area (Å²) in [6.45, 7) is 0.644. The van der Waals surface area contributed by atoms with Gasteiger partial charge in [-0.1, -0.05) is 52.7 Å². The number of thiazole rings is 1. The molecule has 1 N–H and O–H groups in total. The zero-order valence-corrected chi connectivity index (χ0v) is 15.9. The number of nitrogens with zero attached hydrogens (tertiary/aromatic N) is 3. The molecule has 0 fully saturated rings. The lowest BCUT2D eigenvalue weighted by molar-refractivity contribution is 0.800. The van der Waals surface area contributed by atoms with E-state index >= 15 is 0 Å². The van der Waals surface area contributed by atoms with Crippen molar-refractivity contribution in [3.63, 3.8) is 0 Å². The van der Waals surface area contributed by atoms with Crippen LogP contribution in [0.5, 0.6) is 0 Å². The van der Waals surface area contributed by atoms with E-state index in [-0.39, 0.29) is 0 Å². The molecule has 7 heteroatoms. The predicted octanol–water partition coefficient (Wildman–Crippen LogP) is 5.90. The molecule has 4 aromatic rings. The van der Waals surface area contributed by atoms with Crippen molar-refractivity contribution >= 4 is 56.1 Å². The van der Waals surface area contributed by atoms with Crippen LogP contribution in [0, 0.1) is 0 Å². The van der Waals surface area contributed by atoms with Crippen molar-refractivity contribution in [3.8, 4) is 0 Å². The van der Waals surface area contributed by atoms with Gasteiger partial charge in [0, 0.05) is 22.8 Å². The average Bonchev–Trinajstić information content (AvgIpc) is 3.23. The summed E-state index contributed by atoms with van der Waals surface area (Å²) in [6, 6.07) is 17.5. The van der Waals surface area contributed by atoms with Gasteiger partial charge in [-0.3, -0.25) is 5.43 Å². The molecule has 0 amide bonds. The number of hydrazone groups is 1. The highest BCUT2D eigenvalue weighted by atomic mass is 35.5. The Hall–Kier alpha value is -2.34. The third kappa shape index (κ3) is 3.75. The quantitative estimate of drug-likeness (QED) is 0.334. The van der Waals surface area contributed by atoms with Gasteiger partial charge in [-0.15, -0.1) is 0 Å². The maximum atomic E-state index is 6.27. The van der Waals surface area contributed by atoms with Crippen molar-refractivity contribution in [3.05, 3.63) is 82.1 Å². The first-order valence-corrected chi connectivity index (χ1v) is 9.50. The molecule has 26 heavy (non-hydrogen) atoms. The van der Waals surface area contributed by atoms with Gasteiger partial charge in [0.2, 0.25) is 5.13 Å². The number of aromatic nitrogens is 2. The Balaban J connectivity index is 1.48. The first-order chi connectivity index (χ1) is 12.7. The number of rotatable bonds is 5. The summed E-state index contributed by atoms with van der Waals surface area (Å²) in [6.07, 6.45) is 3.76. The molecule has 0 radical (unpaired) electrons. The van der Waals surface area contributed by atoms with E-state index in [2.05, 4.69) is 20.1 Å². The number of halogens is 2. The highest BCUT2D eigenvalue weighted by Crippen LogP contribution is 2.25. The molecule has 2 aromatic heterocycles. The van der Waals surface area contributed by atoms with Gasteiger partial charge in [0.15, 0.2) is 0 Å². The van der Waals surface area contributed by atoms with Crippen LogP contribution in [-0.4, -0.2) is 15.8 Å². The molecule has 4 nitrogen and oxygen atoms in total. The maximum absolute atomic E-state index is 6.27. The lowest BCUT2D eigenvalue weighted by Crippen LogP contribution is -2.04. The number of anilines is 1. The van der Waals surface area contributed by atoms with E-state index in [4.69, 9.17) is 23.2 Å². The first-order valence-electron chi connectivity index (χ1n) is 7.93. The summed E-state index contributed by atoms with van der Waals surface area (Å²) in [4.78, 5) is 4.50. The van der Waals surface area contributed by atoms with Crippen LogP contribution < -0.4 is 5.43 Å². The van der Waals surface area contributed by atoms with Crippen molar-refractivity contribution in [2.75, 3.05) is 5.43 Å². The molecule has 2 heterocycles. The standard InChI is InChI=1S/C19H14Cl2N4S/c20-14-8-7-13(16(21)10-14)12-25-9-3-4-15(25)11-22-24-19-23-17-5-1-2-6-18(17)26-19/h1-11H,12H2,(H,23,24)/b22-11-. The zero-order valence-electron chi connectivity index (χ0n) is 13.6. The largest absolute Gasteiger partial charge is 0.342 e. The smallest absolute Gasteiger partial charge is 0.204 e. The number of hydrogen-bond donors (Lipinski definition) is 1. The van der Waals surface area contributed by atoms with Crippen LogP contribution in [0.3, 0.4) is 0 Å². The van der Waals surface area contributed by atoms with Crippen LogP contribution >= 0.6 is 34.5 Å². The lowest BCUT2D eigenvalue weighted by Gasteiger charge is -2.08. The van der Waals surface area contributed by atoms with Gasteiger partial charge in [-0.05, 0) is 42.0 Å². The summed E-state index contributed by atoms with van der Waals surface area (Å²) in [5, 5.41) is 6.37. The van der Waals surface area contributed by atoms with Gasteiger partial charge in [-0.25, -0.2) is 4.98 Å². The van der Waals surface area contributed by atoms with Gasteiger partial charge in [0.05, 0.1) is 22.1 Å². The van der Waals surface area contributed by atoms with Crippen LogP contribution in [0.25, 0.3) is 10.2 Å². The monoisotopic (exact) mass is 400 g/mol. The molecule has 0 atom stereocenters. The van der Waals surface area contributed by atoms with Crippen LogP contribution in [0.4, 0.5) is 5.13 Å². The Kier molecular flexibility index (Phi) is 4.93. The minimum Gasteiger partial charge on any atom is -0.342 e. The minimum atomic E-state index is 0.632. The predicted molar refractivity (Wildman–Crippen MR) is 111 cm³/mol. The van der Waals surface area contributed by atoms with E-state index in [1.807, 2.05) is 54.7 Å². The van der Waals surface area contributed by atoms with E-state index in [9.17, 15) is 0 Å². The average molecular weight is 401 g/mol. The Morgan fingerprint density at radius 3 is 2.85 bits per heavy atom. The number of fused-ring (bicyclic) bond motifs is 1. The Labute approximate surface area is 164 Å². The normalized spacial score (nSPS) is 11.5. The summed E-state index contributed by atoms with van der Waals surface area (Å²) in [5.74, 6) is 0. The van der Waals surface area contributed by atoms with E-state index in [1.54, 1.807) is 23.6 Å². The van der Waals surface area contributed by atoms with Crippen LogP contribution in [0.15, 0.2) is 65.9 Å². The highest BCUT2D eigenvalue weighted by molar-refractivity contribution is 7.22. The van der Waals surface area contributed by atoms with E-state index in [0.717, 1.165) is 26.6 Å². The summed E-state index contributed by atoms with van der Waals surface area (Å²) in [7, 11) is 0. The second kappa shape index (κ2) is 7.50. The fraction of sp³-hybridized carbons (Fsp3) is 0.0526. The molecule has 0 aliphatic rings. The molecule has 130 valence electrons. The maximum Gasteiger partial charge on any atom is 0.204 e. The third-order valence-electron chi connectivity index (χ3n) is 3.87. The van der Waals surface area contributed by atoms with Crippen molar-refractivity contribution in [2.24, 2.45) is 5.10 Å². The number of hydrogen-bond acceptors (Lipinski definition) is 4. The zero-order chi connectivity index (χ0) is 17.9. The lowest BCUT2D eigenvalue weighted by atomic mass is 10.2. The molecular formula is C19H14Cl2N4S. The van der Waals surface area contributed by atoms with Crippen molar-refractivity contribution in [2.45, 2.75) is 6.54 Å². The fourth-order valence-electron chi connectivity index (χ4n) is 2.60. The Bertz CT molecular complexity index is 1050. The SMILES string of the molecule is Clc1ccc(Cn2cccc2/C=N\Nc2nc3ccccc3s2)c(Cl)c1. The summed E-state index contributed by atoms with van der Waals surface area (Å²) < 4.78 is 3.20. The number of benzene rings is 2. The highest BCUT2D eigenvalue weighted by Gasteiger charge is 2.05. The number of nitrogens with one attached hydrogen (secondary N) is 1.